The van der Waals surface area contributed by atoms with E-state index in [1.165, 1.54) is 11.1 Å². The summed E-state index contributed by atoms with van der Waals surface area (Å²) in [5.74, 6) is 1.04. The van der Waals surface area contributed by atoms with Crippen LogP contribution in [0, 0.1) is 0 Å². The fourth-order valence-electron chi connectivity index (χ4n) is 4.70. The van der Waals surface area contributed by atoms with Crippen molar-refractivity contribution in [3.05, 3.63) is 99.0 Å². The molecule has 3 aromatic rings. The Morgan fingerprint density at radius 2 is 1.17 bits per heavy atom. The SMILES string of the molecule is OC(COc1ccc(Cl)cc1)CN1CCN(CCCC(c2ccc(Cl)cc2)c2ccc(Cl)cc2)CC1. The summed E-state index contributed by atoms with van der Waals surface area (Å²) in [7, 11) is 0. The normalized spacial score (nSPS) is 15.8. The number of nitrogens with zero attached hydrogens (tertiary/aromatic N) is 2. The summed E-state index contributed by atoms with van der Waals surface area (Å²) < 4.78 is 5.69. The van der Waals surface area contributed by atoms with Crippen molar-refractivity contribution in [2.24, 2.45) is 0 Å². The van der Waals surface area contributed by atoms with E-state index in [1.54, 1.807) is 12.1 Å². The molecule has 1 aliphatic rings. The molecule has 0 saturated carbocycles. The van der Waals surface area contributed by atoms with Gasteiger partial charge in [0, 0.05) is 53.7 Å². The van der Waals surface area contributed by atoms with Crippen molar-refractivity contribution in [3.63, 3.8) is 0 Å². The Hall–Kier alpha value is -1.79. The summed E-state index contributed by atoms with van der Waals surface area (Å²) in [5.41, 5.74) is 2.56. The molecular formula is C29H33Cl3N2O2. The van der Waals surface area contributed by atoms with E-state index in [2.05, 4.69) is 34.1 Å². The third-order valence-corrected chi connectivity index (χ3v) is 7.46. The number of hydrogen-bond acceptors (Lipinski definition) is 4. The third kappa shape index (κ3) is 8.37. The van der Waals surface area contributed by atoms with E-state index in [9.17, 15) is 5.11 Å². The molecule has 4 rings (SSSR count). The standard InChI is InChI=1S/C29H33Cl3N2O2/c30-24-7-3-22(4-8-24)29(23-5-9-25(31)10-6-23)2-1-15-33-16-18-34(19-17-33)20-27(35)21-36-28-13-11-26(32)12-14-28/h3-14,27,29,35H,1-2,15-21H2. The van der Waals surface area contributed by atoms with Crippen molar-refractivity contribution in [2.45, 2.75) is 24.9 Å². The predicted molar refractivity (Wildman–Crippen MR) is 150 cm³/mol. The van der Waals surface area contributed by atoms with Crippen LogP contribution in [0.5, 0.6) is 5.75 Å². The van der Waals surface area contributed by atoms with E-state index in [4.69, 9.17) is 39.5 Å². The zero-order valence-electron chi connectivity index (χ0n) is 20.3. The van der Waals surface area contributed by atoms with Gasteiger partial charge in [0.2, 0.25) is 0 Å². The summed E-state index contributed by atoms with van der Waals surface area (Å²) in [6, 6.07) is 23.6. The summed E-state index contributed by atoms with van der Waals surface area (Å²) in [6.45, 7) is 5.89. The number of benzene rings is 3. The van der Waals surface area contributed by atoms with Gasteiger partial charge < -0.3 is 14.7 Å². The number of aliphatic hydroxyl groups excluding tert-OH is 1. The smallest absolute Gasteiger partial charge is 0.119 e. The minimum atomic E-state index is -0.522. The van der Waals surface area contributed by atoms with Gasteiger partial charge >= 0.3 is 0 Å². The molecule has 0 aliphatic carbocycles. The molecule has 0 spiro atoms. The summed E-state index contributed by atoms with van der Waals surface area (Å²) >= 11 is 18.2. The van der Waals surface area contributed by atoms with Crippen LogP contribution in [0.2, 0.25) is 15.1 Å². The first-order valence-electron chi connectivity index (χ1n) is 12.5. The molecule has 0 amide bonds. The van der Waals surface area contributed by atoms with E-state index in [0.717, 1.165) is 61.4 Å². The van der Waals surface area contributed by atoms with Crippen molar-refractivity contribution in [1.29, 1.82) is 0 Å². The minimum Gasteiger partial charge on any atom is -0.491 e. The molecule has 0 aromatic heterocycles. The molecule has 192 valence electrons. The molecule has 1 aliphatic heterocycles. The highest BCUT2D eigenvalue weighted by Crippen LogP contribution is 2.31. The lowest BCUT2D eigenvalue weighted by Crippen LogP contribution is -2.49. The van der Waals surface area contributed by atoms with Crippen LogP contribution in [0.1, 0.15) is 29.9 Å². The zero-order valence-corrected chi connectivity index (χ0v) is 22.6. The molecule has 3 aromatic carbocycles. The van der Waals surface area contributed by atoms with Gasteiger partial charge in [-0.1, -0.05) is 59.1 Å². The Morgan fingerprint density at radius 3 is 1.69 bits per heavy atom. The van der Waals surface area contributed by atoms with Crippen molar-refractivity contribution in [3.8, 4) is 5.75 Å². The maximum atomic E-state index is 10.4. The highest BCUT2D eigenvalue weighted by Gasteiger charge is 2.20. The third-order valence-electron chi connectivity index (χ3n) is 6.70. The molecule has 1 saturated heterocycles. The molecule has 36 heavy (non-hydrogen) atoms. The fraction of sp³-hybridized carbons (Fsp3) is 0.379. The van der Waals surface area contributed by atoms with E-state index < -0.39 is 6.10 Å². The van der Waals surface area contributed by atoms with Crippen molar-refractivity contribution in [1.82, 2.24) is 9.80 Å². The number of halogens is 3. The quantitative estimate of drug-likeness (QED) is 0.293. The first-order valence-corrected chi connectivity index (χ1v) is 13.6. The van der Waals surface area contributed by atoms with Crippen molar-refractivity contribution >= 4 is 34.8 Å². The predicted octanol–water partition coefficient (Wildman–Crippen LogP) is 6.62. The average molecular weight is 548 g/mol. The number of rotatable bonds is 11. The lowest BCUT2D eigenvalue weighted by atomic mass is 9.87. The Balaban J connectivity index is 1.20. The van der Waals surface area contributed by atoms with Crippen LogP contribution in [0.25, 0.3) is 0 Å². The Bertz CT molecular complexity index is 1010. The Morgan fingerprint density at radius 1 is 0.694 bits per heavy atom. The van der Waals surface area contributed by atoms with Gasteiger partial charge in [-0.05, 0) is 79.0 Å². The van der Waals surface area contributed by atoms with Crippen LogP contribution in [0.3, 0.4) is 0 Å². The van der Waals surface area contributed by atoms with E-state index in [-0.39, 0.29) is 6.61 Å². The van der Waals surface area contributed by atoms with Gasteiger partial charge in [-0.15, -0.1) is 0 Å². The number of aliphatic hydroxyl groups is 1. The molecule has 0 radical (unpaired) electrons. The highest BCUT2D eigenvalue weighted by molar-refractivity contribution is 6.31. The van der Waals surface area contributed by atoms with Crippen LogP contribution in [-0.4, -0.2) is 66.9 Å². The summed E-state index contributed by atoms with van der Waals surface area (Å²) in [6.07, 6.45) is 1.64. The van der Waals surface area contributed by atoms with E-state index >= 15 is 0 Å². The first kappa shape index (κ1) is 27.3. The molecule has 4 nitrogen and oxygen atoms in total. The van der Waals surface area contributed by atoms with Crippen molar-refractivity contribution in [2.75, 3.05) is 45.9 Å². The van der Waals surface area contributed by atoms with Gasteiger partial charge in [0.25, 0.3) is 0 Å². The topological polar surface area (TPSA) is 35.9 Å². The minimum absolute atomic E-state index is 0.276. The van der Waals surface area contributed by atoms with Gasteiger partial charge in [-0.25, -0.2) is 0 Å². The summed E-state index contributed by atoms with van der Waals surface area (Å²) in [5, 5.41) is 12.6. The van der Waals surface area contributed by atoms with Crippen LogP contribution < -0.4 is 4.74 Å². The second-order valence-corrected chi connectivity index (χ2v) is 10.7. The average Bonchev–Trinajstić information content (AvgIpc) is 2.89. The van der Waals surface area contributed by atoms with Crippen molar-refractivity contribution < 1.29 is 9.84 Å². The molecule has 1 unspecified atom stereocenters. The lowest BCUT2D eigenvalue weighted by molar-refractivity contribution is 0.0458. The maximum Gasteiger partial charge on any atom is 0.119 e. The molecular weight excluding hydrogens is 515 g/mol. The lowest BCUT2D eigenvalue weighted by Gasteiger charge is -2.35. The summed E-state index contributed by atoms with van der Waals surface area (Å²) in [4.78, 5) is 4.84. The Labute approximate surface area is 229 Å². The van der Waals surface area contributed by atoms with Gasteiger partial charge in [0.05, 0.1) is 0 Å². The van der Waals surface area contributed by atoms with E-state index in [1.807, 2.05) is 36.4 Å². The zero-order chi connectivity index (χ0) is 25.3. The molecule has 1 heterocycles. The van der Waals surface area contributed by atoms with Gasteiger partial charge in [-0.3, -0.25) is 4.90 Å². The van der Waals surface area contributed by atoms with E-state index in [0.29, 0.717) is 17.5 Å². The second kappa shape index (κ2) is 13.7. The Kier molecular flexibility index (Phi) is 10.3. The van der Waals surface area contributed by atoms with Gasteiger partial charge in [0.1, 0.15) is 18.5 Å². The molecule has 0 bridgehead atoms. The molecule has 1 N–H and O–H groups in total. The molecule has 1 fully saturated rings. The highest BCUT2D eigenvalue weighted by atomic mass is 35.5. The second-order valence-electron chi connectivity index (χ2n) is 9.36. The fourth-order valence-corrected chi connectivity index (χ4v) is 5.08. The first-order chi connectivity index (χ1) is 17.5. The number of β-amino-alcohol motifs (C(OH)–C–C–N with tert-alkyl or cyclic N) is 1. The number of piperazine rings is 1. The number of hydrogen-bond donors (Lipinski definition) is 1. The van der Waals surface area contributed by atoms with Crippen LogP contribution in [0.4, 0.5) is 0 Å². The van der Waals surface area contributed by atoms with Crippen LogP contribution in [0.15, 0.2) is 72.8 Å². The van der Waals surface area contributed by atoms with Gasteiger partial charge in [0.15, 0.2) is 0 Å². The van der Waals surface area contributed by atoms with Gasteiger partial charge in [-0.2, -0.15) is 0 Å². The molecule has 1 atom stereocenters. The maximum absolute atomic E-state index is 10.4. The number of ether oxygens (including phenoxy) is 1. The monoisotopic (exact) mass is 546 g/mol. The van der Waals surface area contributed by atoms with Crippen LogP contribution in [-0.2, 0) is 0 Å². The van der Waals surface area contributed by atoms with Crippen LogP contribution >= 0.6 is 34.8 Å². The largest absolute Gasteiger partial charge is 0.491 e. The molecule has 7 heteroatoms.